The summed E-state index contributed by atoms with van der Waals surface area (Å²) in [4.78, 5) is 11.6. The summed E-state index contributed by atoms with van der Waals surface area (Å²) in [6.45, 7) is 0.451. The van der Waals surface area contributed by atoms with E-state index in [0.717, 1.165) is 5.56 Å². The van der Waals surface area contributed by atoms with Crippen LogP contribution in [0.1, 0.15) is 5.56 Å². The molecule has 0 aliphatic rings. The van der Waals surface area contributed by atoms with Gasteiger partial charge in [0.05, 0.1) is 0 Å². The van der Waals surface area contributed by atoms with Gasteiger partial charge in [0.2, 0.25) is 0 Å². The Labute approximate surface area is 124 Å². The molecular weight excluding hydrogens is 362 g/mol. The number of hydrogen-bond acceptors (Lipinski definition) is 2. The van der Waals surface area contributed by atoms with E-state index in [1.165, 1.54) is 4.57 Å². The Hall–Kier alpha value is -1.07. The van der Waals surface area contributed by atoms with Gasteiger partial charge in [-0.05, 0) is 27.6 Å². The molecule has 1 aromatic heterocycles. The smallest absolute Gasteiger partial charge is 0.268 e. The van der Waals surface area contributed by atoms with Crippen LogP contribution >= 0.6 is 32.9 Å². The van der Waals surface area contributed by atoms with Crippen molar-refractivity contribution in [3.63, 3.8) is 0 Å². The number of halogens is 2. The van der Waals surface area contributed by atoms with Crippen molar-refractivity contribution in [2.24, 2.45) is 7.05 Å². The summed E-state index contributed by atoms with van der Waals surface area (Å²) in [6.07, 6.45) is 1.69. The fraction of sp³-hybridized carbons (Fsp3) is 0.154. The lowest BCUT2D eigenvalue weighted by molar-refractivity contribution is 0.303. The molecule has 3 nitrogen and oxygen atoms in total. The van der Waals surface area contributed by atoms with Gasteiger partial charge in [-0.15, -0.1) is 17.0 Å². The van der Waals surface area contributed by atoms with E-state index in [1.54, 1.807) is 19.3 Å². The van der Waals surface area contributed by atoms with Gasteiger partial charge in [0, 0.05) is 13.2 Å². The molecule has 0 aliphatic heterocycles. The van der Waals surface area contributed by atoms with Gasteiger partial charge in [-0.2, -0.15) is 0 Å². The Bertz CT molecular complexity index is 567. The maximum absolute atomic E-state index is 11.6. The summed E-state index contributed by atoms with van der Waals surface area (Å²) in [5.74, 6) is 0.567. The van der Waals surface area contributed by atoms with Crippen molar-refractivity contribution in [3.8, 4) is 5.75 Å². The number of hydrogen-bond donors (Lipinski definition) is 0. The van der Waals surface area contributed by atoms with E-state index in [0.29, 0.717) is 16.8 Å². The van der Waals surface area contributed by atoms with Crippen LogP contribution in [0.15, 0.2) is 51.9 Å². The number of aryl methyl sites for hydroxylation is 1. The van der Waals surface area contributed by atoms with E-state index in [1.807, 2.05) is 30.3 Å². The molecule has 0 bridgehead atoms. The molecule has 5 heteroatoms. The molecule has 2 rings (SSSR count). The summed E-state index contributed by atoms with van der Waals surface area (Å²) in [7, 11) is 1.70. The van der Waals surface area contributed by atoms with Gasteiger partial charge in [0.25, 0.3) is 5.56 Å². The summed E-state index contributed by atoms with van der Waals surface area (Å²) in [5.41, 5.74) is 0.968. The Kier molecular flexibility index (Phi) is 5.62. The third-order valence-electron chi connectivity index (χ3n) is 2.41. The van der Waals surface area contributed by atoms with Crippen LogP contribution in [0.25, 0.3) is 0 Å². The van der Waals surface area contributed by atoms with Crippen molar-refractivity contribution in [1.29, 1.82) is 0 Å². The largest absolute Gasteiger partial charge is 0.487 e. The predicted molar refractivity (Wildman–Crippen MR) is 80.5 cm³/mol. The molecule has 0 radical (unpaired) electrons. The van der Waals surface area contributed by atoms with Crippen LogP contribution in [0.4, 0.5) is 0 Å². The number of aromatic nitrogens is 1. The van der Waals surface area contributed by atoms with Gasteiger partial charge >= 0.3 is 0 Å². The van der Waals surface area contributed by atoms with Gasteiger partial charge in [-0.25, -0.2) is 0 Å². The summed E-state index contributed by atoms with van der Waals surface area (Å²) in [5, 5.41) is 0. The third-order valence-corrected chi connectivity index (χ3v) is 3.14. The van der Waals surface area contributed by atoms with E-state index in [4.69, 9.17) is 4.74 Å². The highest BCUT2D eigenvalue weighted by Gasteiger charge is 2.06. The zero-order chi connectivity index (χ0) is 12.3. The van der Waals surface area contributed by atoms with E-state index in [2.05, 4.69) is 15.9 Å². The van der Waals surface area contributed by atoms with Crippen molar-refractivity contribution in [1.82, 2.24) is 4.57 Å². The molecule has 0 aliphatic carbocycles. The molecule has 0 unspecified atom stereocenters. The molecule has 0 fully saturated rings. The van der Waals surface area contributed by atoms with Crippen molar-refractivity contribution in [2.45, 2.75) is 6.61 Å². The molecule has 0 atom stereocenters. The van der Waals surface area contributed by atoms with Crippen LogP contribution in [0.3, 0.4) is 0 Å². The summed E-state index contributed by atoms with van der Waals surface area (Å²) in [6, 6.07) is 11.6. The molecule has 0 saturated carbocycles. The van der Waals surface area contributed by atoms with Crippen LogP contribution in [-0.4, -0.2) is 4.57 Å². The highest BCUT2D eigenvalue weighted by molar-refractivity contribution is 9.10. The quantitative estimate of drug-likeness (QED) is 0.825. The molecule has 0 N–H and O–H groups in total. The Morgan fingerprint density at radius 2 is 1.89 bits per heavy atom. The van der Waals surface area contributed by atoms with Crippen molar-refractivity contribution >= 4 is 32.9 Å². The first-order chi connectivity index (χ1) is 8.18. The van der Waals surface area contributed by atoms with E-state index < -0.39 is 0 Å². The van der Waals surface area contributed by atoms with E-state index in [-0.39, 0.29) is 22.5 Å². The van der Waals surface area contributed by atoms with Crippen LogP contribution < -0.4 is 10.3 Å². The fourth-order valence-electron chi connectivity index (χ4n) is 1.43. The van der Waals surface area contributed by atoms with Gasteiger partial charge in [0.15, 0.2) is 0 Å². The maximum Gasteiger partial charge on any atom is 0.268 e. The van der Waals surface area contributed by atoms with Crippen LogP contribution in [0.5, 0.6) is 5.75 Å². The number of ether oxygens (including phenoxy) is 1. The number of nitrogens with zero attached hydrogens (tertiary/aromatic N) is 1. The maximum atomic E-state index is 11.6. The lowest BCUT2D eigenvalue weighted by Crippen LogP contribution is -2.17. The van der Waals surface area contributed by atoms with E-state index in [9.17, 15) is 4.79 Å². The normalized spacial score (nSPS) is 9.67. The zero-order valence-corrected chi connectivity index (χ0v) is 13.1. The third kappa shape index (κ3) is 3.46. The van der Waals surface area contributed by atoms with Gasteiger partial charge in [-0.1, -0.05) is 30.3 Å². The van der Waals surface area contributed by atoms with Crippen LogP contribution in [0.2, 0.25) is 0 Å². The molecular formula is C13H13Br2NO2. The number of benzene rings is 1. The molecule has 1 heterocycles. The molecule has 18 heavy (non-hydrogen) atoms. The summed E-state index contributed by atoms with van der Waals surface area (Å²) < 4.78 is 7.55. The van der Waals surface area contributed by atoms with Crippen LogP contribution in [0, 0.1) is 0 Å². The van der Waals surface area contributed by atoms with Gasteiger partial charge in [-0.3, -0.25) is 4.79 Å². The number of rotatable bonds is 3. The Morgan fingerprint density at radius 1 is 1.22 bits per heavy atom. The monoisotopic (exact) mass is 373 g/mol. The minimum Gasteiger partial charge on any atom is -0.487 e. The van der Waals surface area contributed by atoms with Crippen molar-refractivity contribution in [3.05, 3.63) is 63.0 Å². The van der Waals surface area contributed by atoms with Crippen LogP contribution in [-0.2, 0) is 13.7 Å². The SMILES string of the molecule is Br.Cn1ccc(OCc2ccccc2)c(Br)c1=O. The standard InChI is InChI=1S/C13H12BrNO2.BrH/c1-15-8-7-11(12(14)13(15)16)17-9-10-5-3-2-4-6-10;/h2-8H,9H2,1H3;1H. The first-order valence-corrected chi connectivity index (χ1v) is 5.99. The minimum absolute atomic E-state index is 0. The average molecular weight is 375 g/mol. The first-order valence-electron chi connectivity index (χ1n) is 5.20. The highest BCUT2D eigenvalue weighted by Crippen LogP contribution is 2.20. The molecule has 96 valence electrons. The second-order valence-electron chi connectivity index (χ2n) is 3.68. The molecule has 2 aromatic rings. The molecule has 0 amide bonds. The molecule has 0 saturated heterocycles. The van der Waals surface area contributed by atoms with Crippen molar-refractivity contribution < 1.29 is 4.74 Å². The Balaban J connectivity index is 0.00000162. The molecule has 0 spiro atoms. The fourth-order valence-corrected chi connectivity index (χ4v) is 1.95. The van der Waals surface area contributed by atoms with Gasteiger partial charge < -0.3 is 9.30 Å². The van der Waals surface area contributed by atoms with Gasteiger partial charge in [0.1, 0.15) is 16.8 Å². The zero-order valence-electron chi connectivity index (χ0n) is 9.80. The minimum atomic E-state index is -0.101. The van der Waals surface area contributed by atoms with E-state index >= 15 is 0 Å². The highest BCUT2D eigenvalue weighted by atomic mass is 79.9. The number of pyridine rings is 1. The molecule has 1 aromatic carbocycles. The average Bonchev–Trinajstić information content (AvgIpc) is 2.36. The predicted octanol–water partition coefficient (Wildman–Crippen LogP) is 3.30. The summed E-state index contributed by atoms with van der Waals surface area (Å²) >= 11 is 3.25. The topological polar surface area (TPSA) is 31.2 Å². The second kappa shape index (κ2) is 6.75. The Morgan fingerprint density at radius 3 is 2.56 bits per heavy atom. The first kappa shape index (κ1) is 15.0. The lowest BCUT2D eigenvalue weighted by atomic mass is 10.2. The lowest BCUT2D eigenvalue weighted by Gasteiger charge is -2.08. The second-order valence-corrected chi connectivity index (χ2v) is 4.48. The van der Waals surface area contributed by atoms with Crippen molar-refractivity contribution in [2.75, 3.05) is 0 Å².